The van der Waals surface area contributed by atoms with E-state index in [2.05, 4.69) is 17.2 Å². The van der Waals surface area contributed by atoms with Gasteiger partial charge in [0, 0.05) is 11.4 Å². The lowest BCUT2D eigenvalue weighted by Gasteiger charge is -2.25. The largest absolute Gasteiger partial charge is 0.463 e. The van der Waals surface area contributed by atoms with Crippen LogP contribution < -0.4 is 15.5 Å². The van der Waals surface area contributed by atoms with Gasteiger partial charge in [-0.25, -0.2) is 14.6 Å². The van der Waals surface area contributed by atoms with Gasteiger partial charge >= 0.3 is 12.1 Å². The number of carbonyl (C=O) groups excluding carboxylic acids is 2. The summed E-state index contributed by atoms with van der Waals surface area (Å²) in [6, 6.07) is 2.38. The molecular formula is C27H34N2O6S. The highest BCUT2D eigenvalue weighted by Crippen LogP contribution is 2.29. The zero-order chi connectivity index (χ0) is 26.6. The first-order valence-electron chi connectivity index (χ1n) is 12.1. The molecule has 36 heavy (non-hydrogen) atoms. The molecule has 1 N–H and O–H groups in total. The molecule has 8 nitrogen and oxygen atoms in total. The smallest absolute Gasteiger partial charge is 0.408 e. The molecule has 0 saturated carbocycles. The van der Waals surface area contributed by atoms with Crippen molar-refractivity contribution >= 4 is 34.4 Å². The Balaban J connectivity index is 1.96. The first kappa shape index (κ1) is 27.4. The van der Waals surface area contributed by atoms with Crippen LogP contribution in [0.1, 0.15) is 65.0 Å². The quantitative estimate of drug-likeness (QED) is 0.289. The van der Waals surface area contributed by atoms with Crippen molar-refractivity contribution in [2.75, 3.05) is 0 Å². The third-order valence-electron chi connectivity index (χ3n) is 5.45. The minimum Gasteiger partial charge on any atom is -0.463 e. The third kappa shape index (κ3) is 6.72. The average molecular weight is 515 g/mol. The summed E-state index contributed by atoms with van der Waals surface area (Å²) in [5.41, 5.74) is 1.10. The molecule has 0 aliphatic carbocycles. The number of nitrogens with zero attached hydrogens (tertiary/aromatic N) is 1. The fourth-order valence-corrected chi connectivity index (χ4v) is 4.24. The van der Waals surface area contributed by atoms with Crippen LogP contribution in [0.4, 0.5) is 4.79 Å². The summed E-state index contributed by atoms with van der Waals surface area (Å²) in [5.74, 6) is -0.561. The maximum absolute atomic E-state index is 13.3. The number of hydrogen-bond acceptors (Lipinski definition) is 8. The van der Waals surface area contributed by atoms with E-state index in [4.69, 9.17) is 13.9 Å². The summed E-state index contributed by atoms with van der Waals surface area (Å²) in [6.07, 6.45) is 3.07. The number of nitrogens with one attached hydrogen (secondary N) is 1. The van der Waals surface area contributed by atoms with E-state index >= 15 is 0 Å². The fourth-order valence-electron chi connectivity index (χ4n) is 3.63. The molecule has 3 rings (SSSR count). The summed E-state index contributed by atoms with van der Waals surface area (Å²) < 4.78 is 16.9. The number of unbranched alkanes of at least 4 members (excludes halogenated alkanes) is 1. The van der Waals surface area contributed by atoms with E-state index in [1.165, 1.54) is 17.6 Å². The number of thiazole rings is 1. The van der Waals surface area contributed by atoms with Crippen molar-refractivity contribution in [3.63, 3.8) is 0 Å². The molecular weight excluding hydrogens is 480 g/mol. The average Bonchev–Trinajstić information content (AvgIpc) is 3.21. The Morgan fingerprint density at radius 3 is 2.53 bits per heavy atom. The molecule has 0 radical (unpaired) electrons. The van der Waals surface area contributed by atoms with E-state index in [0.29, 0.717) is 34.4 Å². The van der Waals surface area contributed by atoms with E-state index in [1.54, 1.807) is 32.9 Å². The van der Waals surface area contributed by atoms with Gasteiger partial charge < -0.3 is 19.2 Å². The highest BCUT2D eigenvalue weighted by atomic mass is 32.1. The summed E-state index contributed by atoms with van der Waals surface area (Å²) in [7, 11) is 0. The van der Waals surface area contributed by atoms with E-state index < -0.39 is 23.7 Å². The Morgan fingerprint density at radius 1 is 1.22 bits per heavy atom. The second-order valence-corrected chi connectivity index (χ2v) is 11.1. The van der Waals surface area contributed by atoms with Crippen molar-refractivity contribution in [1.82, 2.24) is 10.3 Å². The fraction of sp³-hybridized carbons (Fsp3) is 0.481. The number of benzene rings is 1. The number of rotatable bonds is 8. The molecule has 9 heteroatoms. The Morgan fingerprint density at radius 2 is 1.94 bits per heavy atom. The second kappa shape index (κ2) is 11.2. The summed E-state index contributed by atoms with van der Waals surface area (Å²) in [5, 5.41) is 5.70. The third-order valence-corrected chi connectivity index (χ3v) is 6.23. The molecule has 3 aromatic rings. The summed E-state index contributed by atoms with van der Waals surface area (Å²) >= 11 is 1.46. The Bertz CT molecular complexity index is 1300. The molecule has 0 aliphatic rings. The van der Waals surface area contributed by atoms with Gasteiger partial charge in [0.05, 0.1) is 21.7 Å². The number of hydrogen-bond donors (Lipinski definition) is 1. The Hall–Kier alpha value is -3.20. The van der Waals surface area contributed by atoms with Crippen molar-refractivity contribution in [1.29, 1.82) is 0 Å². The lowest BCUT2D eigenvalue weighted by atomic mass is 10.0. The van der Waals surface area contributed by atoms with Crippen LogP contribution in [-0.4, -0.2) is 28.7 Å². The topological polar surface area (TPSA) is 108 Å². The number of ether oxygens (including phenoxy) is 2. The number of esters is 1. The zero-order valence-electron chi connectivity index (χ0n) is 21.9. The van der Waals surface area contributed by atoms with Gasteiger partial charge in [-0.3, -0.25) is 4.79 Å². The number of aryl methyl sites for hydroxylation is 2. The molecule has 1 atom stereocenters. The van der Waals surface area contributed by atoms with Gasteiger partial charge in [0.2, 0.25) is 5.43 Å². The monoisotopic (exact) mass is 514 g/mol. The molecule has 2 heterocycles. The van der Waals surface area contributed by atoms with Gasteiger partial charge in [-0.15, -0.1) is 11.3 Å². The maximum Gasteiger partial charge on any atom is 0.408 e. The van der Waals surface area contributed by atoms with Gasteiger partial charge in [-0.05, 0) is 58.1 Å². The Kier molecular flexibility index (Phi) is 8.55. The van der Waals surface area contributed by atoms with Crippen LogP contribution in [0.2, 0.25) is 0 Å². The lowest BCUT2D eigenvalue weighted by molar-refractivity contribution is -0.138. The number of alkyl carbamates (subject to hydrolysis) is 1. The van der Waals surface area contributed by atoms with Gasteiger partial charge in [-0.2, -0.15) is 0 Å². The van der Waals surface area contributed by atoms with Gasteiger partial charge in [0.15, 0.2) is 0 Å². The van der Waals surface area contributed by atoms with E-state index in [-0.39, 0.29) is 11.3 Å². The summed E-state index contributed by atoms with van der Waals surface area (Å²) in [4.78, 5) is 43.1. The molecule has 194 valence electrons. The zero-order valence-corrected chi connectivity index (χ0v) is 22.7. The van der Waals surface area contributed by atoms with Crippen molar-refractivity contribution in [3.05, 3.63) is 44.6 Å². The molecule has 0 aliphatic heterocycles. The van der Waals surface area contributed by atoms with Crippen LogP contribution in [0.5, 0.6) is 5.75 Å². The highest BCUT2D eigenvalue weighted by molar-refractivity contribution is 7.09. The number of aromatic nitrogens is 1. The molecule has 0 fully saturated rings. The predicted molar refractivity (Wildman–Crippen MR) is 141 cm³/mol. The predicted octanol–water partition coefficient (Wildman–Crippen LogP) is 6.02. The van der Waals surface area contributed by atoms with Crippen molar-refractivity contribution in [2.24, 2.45) is 5.92 Å². The standard InChI is InChI=1S/C27H34N2O6S/c1-8-9-10-17-11-18-22(33-13-19(24(18)30)20-14-36-16(4)28-20)12-21(17)34-25(31)23(15(2)3)29-26(32)35-27(5,6)7/h11-15,23H,8-10H2,1-7H3,(H,29,32)/t23-/m1/s1. The molecule has 0 bridgehead atoms. The van der Waals surface area contributed by atoms with E-state index in [0.717, 1.165) is 23.4 Å². The first-order valence-corrected chi connectivity index (χ1v) is 13.0. The van der Waals surface area contributed by atoms with Gasteiger partial charge in [0.25, 0.3) is 0 Å². The normalized spacial score (nSPS) is 12.6. The number of amides is 1. The van der Waals surface area contributed by atoms with E-state index in [9.17, 15) is 14.4 Å². The second-order valence-electron chi connectivity index (χ2n) is 10.1. The molecule has 0 spiro atoms. The number of carbonyl (C=O) groups is 2. The van der Waals surface area contributed by atoms with Crippen molar-refractivity contribution in [3.8, 4) is 17.0 Å². The minimum atomic E-state index is -0.920. The summed E-state index contributed by atoms with van der Waals surface area (Å²) in [6.45, 7) is 12.8. The van der Waals surface area contributed by atoms with Crippen molar-refractivity contribution in [2.45, 2.75) is 79.4 Å². The van der Waals surface area contributed by atoms with Gasteiger partial charge in [-0.1, -0.05) is 27.2 Å². The lowest BCUT2D eigenvalue weighted by Crippen LogP contribution is -2.48. The minimum absolute atomic E-state index is 0.191. The molecule has 0 unspecified atom stereocenters. The SMILES string of the molecule is CCCCc1cc2c(=O)c(-c3csc(C)n3)coc2cc1OC(=O)[C@H](NC(=O)OC(C)(C)C)C(C)C. The van der Waals surface area contributed by atoms with E-state index in [1.807, 2.05) is 26.2 Å². The van der Waals surface area contributed by atoms with Crippen LogP contribution in [0.25, 0.3) is 22.2 Å². The van der Waals surface area contributed by atoms with Crippen LogP contribution in [0.3, 0.4) is 0 Å². The van der Waals surface area contributed by atoms with Crippen LogP contribution in [0, 0.1) is 12.8 Å². The molecule has 1 amide bonds. The Labute approximate surface area is 215 Å². The van der Waals surface area contributed by atoms with Crippen LogP contribution >= 0.6 is 11.3 Å². The molecule has 0 saturated heterocycles. The maximum atomic E-state index is 13.3. The van der Waals surface area contributed by atoms with Crippen molar-refractivity contribution < 1.29 is 23.5 Å². The number of fused-ring (bicyclic) bond motifs is 1. The van der Waals surface area contributed by atoms with Gasteiger partial charge in [0.1, 0.15) is 29.2 Å². The molecule has 2 aromatic heterocycles. The molecule has 1 aromatic carbocycles. The first-order chi connectivity index (χ1) is 16.9. The van der Waals surface area contributed by atoms with Crippen LogP contribution in [0.15, 0.2) is 33.0 Å². The highest BCUT2D eigenvalue weighted by Gasteiger charge is 2.29. The van der Waals surface area contributed by atoms with Crippen LogP contribution in [-0.2, 0) is 16.0 Å².